The van der Waals surface area contributed by atoms with Gasteiger partial charge >= 0.3 is 0 Å². The third-order valence-corrected chi connectivity index (χ3v) is 3.65. The van der Waals surface area contributed by atoms with Gasteiger partial charge in [0, 0.05) is 18.2 Å². The largest absolute Gasteiger partial charge is 0.455 e. The van der Waals surface area contributed by atoms with Crippen molar-refractivity contribution in [1.29, 1.82) is 0 Å². The Kier molecular flexibility index (Phi) is 3.51. The minimum Gasteiger partial charge on any atom is -0.455 e. The number of fused-ring (bicyclic) bond motifs is 1. The summed E-state index contributed by atoms with van der Waals surface area (Å²) in [7, 11) is 1.55. The number of carbonyl (C=O) groups excluding carboxylic acids is 1. The fourth-order valence-corrected chi connectivity index (χ4v) is 2.49. The van der Waals surface area contributed by atoms with Gasteiger partial charge in [-0.2, -0.15) is 0 Å². The molecule has 3 rings (SSSR count). The van der Waals surface area contributed by atoms with Gasteiger partial charge in [0.25, 0.3) is 5.91 Å². The molecule has 0 fully saturated rings. The monoisotopic (exact) mass is 293 g/mol. The van der Waals surface area contributed by atoms with E-state index in [4.69, 9.17) is 4.42 Å². The van der Waals surface area contributed by atoms with Crippen LogP contribution in [0.2, 0.25) is 0 Å². The number of benzene rings is 2. The Hall–Kier alpha value is -2.88. The van der Waals surface area contributed by atoms with Crippen LogP contribution in [0.4, 0.5) is 0 Å². The summed E-state index contributed by atoms with van der Waals surface area (Å²) in [4.78, 5) is 24.6. The van der Waals surface area contributed by atoms with E-state index in [-0.39, 0.29) is 11.3 Å². The Morgan fingerprint density at radius 2 is 1.77 bits per heavy atom. The second-order valence-corrected chi connectivity index (χ2v) is 5.01. The first-order valence-corrected chi connectivity index (χ1v) is 6.97. The van der Waals surface area contributed by atoms with E-state index in [1.165, 1.54) is 0 Å². The SMILES string of the molecule is CNC(=O)c1cccc2c(=O)c(C)c(-c3ccccc3)oc12. The topological polar surface area (TPSA) is 59.3 Å². The molecule has 0 saturated carbocycles. The first-order chi connectivity index (χ1) is 10.6. The smallest absolute Gasteiger partial charge is 0.254 e. The van der Waals surface area contributed by atoms with Gasteiger partial charge in [-0.3, -0.25) is 9.59 Å². The normalized spacial score (nSPS) is 10.6. The predicted octanol–water partition coefficient (Wildman–Crippen LogP) is 3.13. The van der Waals surface area contributed by atoms with Crippen molar-refractivity contribution in [2.45, 2.75) is 6.92 Å². The number of nitrogens with one attached hydrogen (secondary N) is 1. The highest BCUT2D eigenvalue weighted by Crippen LogP contribution is 2.27. The molecule has 0 bridgehead atoms. The zero-order valence-corrected chi connectivity index (χ0v) is 12.3. The summed E-state index contributed by atoms with van der Waals surface area (Å²) in [6, 6.07) is 14.4. The number of carbonyl (C=O) groups is 1. The van der Waals surface area contributed by atoms with Gasteiger partial charge in [-0.1, -0.05) is 36.4 Å². The molecule has 0 aliphatic rings. The van der Waals surface area contributed by atoms with E-state index in [2.05, 4.69) is 5.32 Å². The van der Waals surface area contributed by atoms with Gasteiger partial charge in [0.1, 0.15) is 5.76 Å². The molecule has 4 heteroatoms. The Bertz CT molecular complexity index is 911. The lowest BCUT2D eigenvalue weighted by Crippen LogP contribution is -2.19. The molecule has 2 aromatic carbocycles. The lowest BCUT2D eigenvalue weighted by atomic mass is 10.0. The molecule has 0 aliphatic heterocycles. The molecular formula is C18H15NO3. The van der Waals surface area contributed by atoms with E-state index in [1.807, 2.05) is 30.3 Å². The van der Waals surface area contributed by atoms with Gasteiger partial charge in [0.05, 0.1) is 10.9 Å². The summed E-state index contributed by atoms with van der Waals surface area (Å²) in [5.41, 5.74) is 1.90. The second-order valence-electron chi connectivity index (χ2n) is 5.01. The zero-order valence-electron chi connectivity index (χ0n) is 12.3. The van der Waals surface area contributed by atoms with Crippen LogP contribution < -0.4 is 10.7 Å². The Balaban J connectivity index is 2.39. The van der Waals surface area contributed by atoms with Crippen molar-refractivity contribution in [2.75, 3.05) is 7.05 Å². The zero-order chi connectivity index (χ0) is 15.7. The first-order valence-electron chi connectivity index (χ1n) is 6.97. The van der Waals surface area contributed by atoms with Gasteiger partial charge in [-0.15, -0.1) is 0 Å². The van der Waals surface area contributed by atoms with Gasteiger partial charge in [0.2, 0.25) is 0 Å². The third kappa shape index (κ3) is 2.19. The van der Waals surface area contributed by atoms with Crippen LogP contribution in [0.3, 0.4) is 0 Å². The molecule has 22 heavy (non-hydrogen) atoms. The van der Waals surface area contributed by atoms with E-state index >= 15 is 0 Å². The van der Waals surface area contributed by atoms with E-state index in [1.54, 1.807) is 32.2 Å². The molecule has 0 unspecified atom stereocenters. The van der Waals surface area contributed by atoms with Gasteiger partial charge in [0.15, 0.2) is 11.0 Å². The van der Waals surface area contributed by atoms with Crippen LogP contribution in [0.5, 0.6) is 0 Å². The lowest BCUT2D eigenvalue weighted by Gasteiger charge is -2.09. The van der Waals surface area contributed by atoms with Crippen LogP contribution in [-0.2, 0) is 0 Å². The summed E-state index contributed by atoms with van der Waals surface area (Å²) >= 11 is 0. The van der Waals surface area contributed by atoms with Gasteiger partial charge in [-0.05, 0) is 19.1 Å². The summed E-state index contributed by atoms with van der Waals surface area (Å²) < 4.78 is 5.95. The van der Waals surface area contributed by atoms with Crippen LogP contribution in [-0.4, -0.2) is 13.0 Å². The number of hydrogen-bond donors (Lipinski definition) is 1. The number of rotatable bonds is 2. The van der Waals surface area contributed by atoms with Crippen molar-refractivity contribution in [3.8, 4) is 11.3 Å². The molecule has 0 saturated heterocycles. The quantitative estimate of drug-likeness (QED) is 0.789. The van der Waals surface area contributed by atoms with E-state index < -0.39 is 0 Å². The standard InChI is InChI=1S/C18H15NO3/c1-11-15(20)13-9-6-10-14(18(21)19-2)17(13)22-16(11)12-7-4-3-5-8-12/h3-10H,1-2H3,(H,19,21). The molecular weight excluding hydrogens is 278 g/mol. The highest BCUT2D eigenvalue weighted by molar-refractivity contribution is 6.04. The van der Waals surface area contributed by atoms with E-state index in [9.17, 15) is 9.59 Å². The number of hydrogen-bond acceptors (Lipinski definition) is 3. The van der Waals surface area contributed by atoms with Gasteiger partial charge < -0.3 is 9.73 Å². The van der Waals surface area contributed by atoms with Crippen molar-refractivity contribution in [3.63, 3.8) is 0 Å². The molecule has 1 amide bonds. The number of amides is 1. The molecule has 0 atom stereocenters. The van der Waals surface area contributed by atoms with Crippen LogP contribution in [0.1, 0.15) is 15.9 Å². The maximum atomic E-state index is 12.6. The fourth-order valence-electron chi connectivity index (χ4n) is 2.49. The lowest BCUT2D eigenvalue weighted by molar-refractivity contribution is 0.0963. The van der Waals surface area contributed by atoms with Crippen molar-refractivity contribution in [1.82, 2.24) is 5.32 Å². The predicted molar refractivity (Wildman–Crippen MR) is 86.0 cm³/mol. The molecule has 110 valence electrons. The Morgan fingerprint density at radius 1 is 1.05 bits per heavy atom. The minimum atomic E-state index is -0.281. The molecule has 1 heterocycles. The van der Waals surface area contributed by atoms with Crippen molar-refractivity contribution < 1.29 is 9.21 Å². The Labute approximate surface area is 127 Å². The molecule has 0 aliphatic carbocycles. The summed E-state index contributed by atoms with van der Waals surface area (Å²) in [5.74, 6) is 0.214. The van der Waals surface area contributed by atoms with E-state index in [0.29, 0.717) is 27.9 Å². The molecule has 3 aromatic rings. The second kappa shape index (κ2) is 5.48. The van der Waals surface area contributed by atoms with Crippen LogP contribution in [0, 0.1) is 6.92 Å². The molecule has 0 spiro atoms. The van der Waals surface area contributed by atoms with Crippen molar-refractivity contribution in [3.05, 3.63) is 69.9 Å². The number of para-hydroxylation sites is 1. The average Bonchev–Trinajstić information content (AvgIpc) is 2.57. The summed E-state index contributed by atoms with van der Waals surface area (Å²) in [5, 5.41) is 2.98. The highest BCUT2D eigenvalue weighted by Gasteiger charge is 2.17. The average molecular weight is 293 g/mol. The van der Waals surface area contributed by atoms with E-state index in [0.717, 1.165) is 5.56 Å². The fraction of sp³-hybridized carbons (Fsp3) is 0.111. The van der Waals surface area contributed by atoms with Crippen LogP contribution >= 0.6 is 0 Å². The summed E-state index contributed by atoms with van der Waals surface area (Å²) in [6.45, 7) is 1.74. The van der Waals surface area contributed by atoms with Crippen LogP contribution in [0.15, 0.2) is 57.7 Å². The van der Waals surface area contributed by atoms with Crippen molar-refractivity contribution in [2.24, 2.45) is 0 Å². The minimum absolute atomic E-state index is 0.120. The van der Waals surface area contributed by atoms with Gasteiger partial charge in [-0.25, -0.2) is 0 Å². The third-order valence-electron chi connectivity index (χ3n) is 3.65. The molecule has 4 nitrogen and oxygen atoms in total. The maximum Gasteiger partial charge on any atom is 0.254 e. The molecule has 1 N–H and O–H groups in total. The van der Waals surface area contributed by atoms with Crippen LogP contribution in [0.25, 0.3) is 22.3 Å². The van der Waals surface area contributed by atoms with Crippen molar-refractivity contribution >= 4 is 16.9 Å². The first kappa shape index (κ1) is 14.1. The summed E-state index contributed by atoms with van der Waals surface area (Å²) in [6.07, 6.45) is 0. The maximum absolute atomic E-state index is 12.6. The highest BCUT2D eigenvalue weighted by atomic mass is 16.3. The molecule has 1 aromatic heterocycles. The Morgan fingerprint density at radius 3 is 2.45 bits per heavy atom. The molecule has 0 radical (unpaired) electrons.